The molecular formula is C25H24ClN3O5. The van der Waals surface area contributed by atoms with Crippen LogP contribution in [0.3, 0.4) is 0 Å². The average Bonchev–Trinajstić information content (AvgIpc) is 2.86. The lowest BCUT2D eigenvalue weighted by atomic mass is 10.1. The number of benzene rings is 3. The van der Waals surface area contributed by atoms with Crippen LogP contribution in [0.1, 0.15) is 18.1 Å². The van der Waals surface area contributed by atoms with Gasteiger partial charge in [0.25, 0.3) is 0 Å². The van der Waals surface area contributed by atoms with Crippen LogP contribution < -0.4 is 25.0 Å². The molecule has 0 aliphatic rings. The van der Waals surface area contributed by atoms with Gasteiger partial charge in [0, 0.05) is 21.8 Å². The monoisotopic (exact) mass is 481 g/mol. The maximum absolute atomic E-state index is 12.1. The maximum atomic E-state index is 12.1. The van der Waals surface area contributed by atoms with Crippen molar-refractivity contribution in [2.75, 3.05) is 19.5 Å². The summed E-state index contributed by atoms with van der Waals surface area (Å²) in [5.41, 5.74) is 4.71. The predicted molar refractivity (Wildman–Crippen MR) is 131 cm³/mol. The number of carbonyl (C=O) groups excluding carboxylic acids is 2. The van der Waals surface area contributed by atoms with Crippen molar-refractivity contribution in [2.24, 2.45) is 5.10 Å². The molecular weight excluding hydrogens is 458 g/mol. The van der Waals surface area contributed by atoms with E-state index in [1.54, 1.807) is 55.5 Å². The van der Waals surface area contributed by atoms with E-state index in [1.807, 2.05) is 18.2 Å². The van der Waals surface area contributed by atoms with Crippen molar-refractivity contribution in [3.05, 3.63) is 82.9 Å². The number of nitrogens with one attached hydrogen (secondary N) is 2. The maximum Gasteiger partial charge on any atom is 0.329 e. The molecule has 3 rings (SSSR count). The molecule has 0 fully saturated rings. The number of methoxy groups -OCH3 is 2. The molecule has 0 radical (unpaired) electrons. The lowest BCUT2D eigenvalue weighted by Crippen LogP contribution is -2.32. The summed E-state index contributed by atoms with van der Waals surface area (Å²) in [5, 5.41) is 7.13. The van der Waals surface area contributed by atoms with Gasteiger partial charge in [-0.05, 0) is 55.5 Å². The van der Waals surface area contributed by atoms with Gasteiger partial charge in [-0.3, -0.25) is 9.59 Å². The summed E-state index contributed by atoms with van der Waals surface area (Å²) in [4.78, 5) is 24.2. The molecule has 34 heavy (non-hydrogen) atoms. The second-order valence-electron chi connectivity index (χ2n) is 7.07. The molecule has 0 aliphatic carbocycles. The topological polar surface area (TPSA) is 98.2 Å². The van der Waals surface area contributed by atoms with Crippen LogP contribution in [0.4, 0.5) is 5.69 Å². The van der Waals surface area contributed by atoms with Gasteiger partial charge in [-0.25, -0.2) is 5.43 Å². The number of hydrogen-bond donors (Lipinski definition) is 2. The third-order valence-corrected chi connectivity index (χ3v) is 5.17. The number of rotatable bonds is 8. The molecule has 0 saturated heterocycles. The predicted octanol–water partition coefficient (Wildman–Crippen LogP) is 4.42. The quantitative estimate of drug-likeness (QED) is 0.282. The van der Waals surface area contributed by atoms with Crippen molar-refractivity contribution in [2.45, 2.75) is 13.5 Å². The molecule has 0 heterocycles. The average molecular weight is 482 g/mol. The number of hydrogen-bond acceptors (Lipinski definition) is 6. The van der Waals surface area contributed by atoms with Crippen molar-refractivity contribution >= 4 is 34.8 Å². The number of carbonyl (C=O) groups is 2. The molecule has 0 unspecified atom stereocenters. The van der Waals surface area contributed by atoms with Crippen LogP contribution in [-0.4, -0.2) is 31.7 Å². The van der Waals surface area contributed by atoms with E-state index in [0.29, 0.717) is 39.2 Å². The van der Waals surface area contributed by atoms with E-state index < -0.39 is 11.8 Å². The Morgan fingerprint density at radius 1 is 0.912 bits per heavy atom. The first kappa shape index (κ1) is 24.6. The molecule has 176 valence electrons. The zero-order valence-electron chi connectivity index (χ0n) is 18.9. The van der Waals surface area contributed by atoms with Gasteiger partial charge in [-0.2, -0.15) is 5.10 Å². The summed E-state index contributed by atoms with van der Waals surface area (Å²) in [6, 6.07) is 19.2. The normalized spacial score (nSPS) is 10.9. The van der Waals surface area contributed by atoms with Crippen LogP contribution in [0.25, 0.3) is 0 Å². The van der Waals surface area contributed by atoms with Crippen molar-refractivity contribution in [3.8, 4) is 17.2 Å². The Kier molecular flexibility index (Phi) is 8.48. The van der Waals surface area contributed by atoms with Crippen LogP contribution in [0, 0.1) is 0 Å². The summed E-state index contributed by atoms with van der Waals surface area (Å²) in [5.74, 6) is -0.0904. The van der Waals surface area contributed by atoms with Crippen molar-refractivity contribution in [1.82, 2.24) is 5.43 Å². The third kappa shape index (κ3) is 6.49. The number of amides is 2. The first-order valence-electron chi connectivity index (χ1n) is 10.3. The molecule has 0 aliphatic heterocycles. The largest absolute Gasteiger partial charge is 0.497 e. The minimum Gasteiger partial charge on any atom is -0.497 e. The molecule has 2 amide bonds. The number of nitrogens with zero attached hydrogens (tertiary/aromatic N) is 1. The Hall–Kier alpha value is -4.04. The second-order valence-corrected chi connectivity index (χ2v) is 7.47. The summed E-state index contributed by atoms with van der Waals surface area (Å²) >= 11 is 6.18. The Bertz CT molecular complexity index is 1200. The van der Waals surface area contributed by atoms with Crippen molar-refractivity contribution in [1.29, 1.82) is 0 Å². The minimum atomic E-state index is -0.901. The highest BCUT2D eigenvalue weighted by atomic mass is 35.5. The van der Waals surface area contributed by atoms with Gasteiger partial charge in [-0.1, -0.05) is 29.8 Å². The van der Waals surface area contributed by atoms with E-state index in [1.165, 1.54) is 14.2 Å². The van der Waals surface area contributed by atoms with E-state index in [-0.39, 0.29) is 6.61 Å². The second kappa shape index (κ2) is 11.7. The third-order valence-electron chi connectivity index (χ3n) is 4.80. The SMILES string of the molecule is COc1ccc(NC(=O)C(=O)NN=C(C)c2ccc(OCc3ccccc3Cl)c(OC)c2)cc1. The lowest BCUT2D eigenvalue weighted by molar-refractivity contribution is -0.136. The van der Waals surface area contributed by atoms with Gasteiger partial charge in [0.15, 0.2) is 11.5 Å². The van der Waals surface area contributed by atoms with Gasteiger partial charge in [0.2, 0.25) is 0 Å². The number of anilines is 1. The van der Waals surface area contributed by atoms with E-state index in [4.69, 9.17) is 25.8 Å². The van der Waals surface area contributed by atoms with Crippen LogP contribution >= 0.6 is 11.6 Å². The zero-order valence-corrected chi connectivity index (χ0v) is 19.7. The Morgan fingerprint density at radius 3 is 2.32 bits per heavy atom. The highest BCUT2D eigenvalue weighted by molar-refractivity contribution is 6.39. The molecule has 3 aromatic carbocycles. The van der Waals surface area contributed by atoms with E-state index in [9.17, 15) is 9.59 Å². The molecule has 0 atom stereocenters. The highest BCUT2D eigenvalue weighted by Crippen LogP contribution is 2.30. The van der Waals surface area contributed by atoms with Gasteiger partial charge >= 0.3 is 11.8 Å². The standard InChI is InChI=1S/C25H24ClN3O5/c1-16(28-29-25(31)24(30)27-19-9-11-20(32-2)12-10-19)17-8-13-22(23(14-17)33-3)34-15-18-6-4-5-7-21(18)26/h4-14H,15H2,1-3H3,(H,27,30)(H,29,31). The van der Waals surface area contributed by atoms with Crippen LogP contribution in [-0.2, 0) is 16.2 Å². The van der Waals surface area contributed by atoms with Gasteiger partial charge < -0.3 is 19.5 Å². The molecule has 0 saturated carbocycles. The molecule has 9 heteroatoms. The molecule has 2 N–H and O–H groups in total. The molecule has 0 bridgehead atoms. The lowest BCUT2D eigenvalue weighted by Gasteiger charge is -2.13. The van der Waals surface area contributed by atoms with Crippen molar-refractivity contribution < 1.29 is 23.8 Å². The number of ether oxygens (including phenoxy) is 3. The fourth-order valence-electron chi connectivity index (χ4n) is 2.89. The van der Waals surface area contributed by atoms with E-state index in [2.05, 4.69) is 15.8 Å². The summed E-state index contributed by atoms with van der Waals surface area (Å²) in [7, 11) is 3.07. The molecule has 3 aromatic rings. The molecule has 0 aromatic heterocycles. The van der Waals surface area contributed by atoms with Gasteiger partial charge in [-0.15, -0.1) is 0 Å². The van der Waals surface area contributed by atoms with Gasteiger partial charge in [0.1, 0.15) is 12.4 Å². The van der Waals surface area contributed by atoms with Crippen LogP contribution in [0.15, 0.2) is 71.8 Å². The Balaban J connectivity index is 1.61. The summed E-state index contributed by atoms with van der Waals surface area (Å²) in [6.45, 7) is 1.97. The fourth-order valence-corrected chi connectivity index (χ4v) is 3.09. The van der Waals surface area contributed by atoms with E-state index in [0.717, 1.165) is 5.56 Å². The van der Waals surface area contributed by atoms with Gasteiger partial charge in [0.05, 0.1) is 19.9 Å². The first-order chi connectivity index (χ1) is 16.4. The molecule has 8 nitrogen and oxygen atoms in total. The van der Waals surface area contributed by atoms with E-state index >= 15 is 0 Å². The Morgan fingerprint density at radius 2 is 1.65 bits per heavy atom. The minimum absolute atomic E-state index is 0.280. The first-order valence-corrected chi connectivity index (χ1v) is 10.6. The molecule has 0 spiro atoms. The summed E-state index contributed by atoms with van der Waals surface area (Å²) in [6.07, 6.45) is 0. The van der Waals surface area contributed by atoms with Crippen LogP contribution in [0.5, 0.6) is 17.2 Å². The van der Waals surface area contributed by atoms with Crippen molar-refractivity contribution in [3.63, 3.8) is 0 Å². The Labute approximate surface area is 202 Å². The fraction of sp³-hybridized carbons (Fsp3) is 0.160. The number of hydrazone groups is 1. The smallest absolute Gasteiger partial charge is 0.329 e. The van der Waals surface area contributed by atoms with Crippen LogP contribution in [0.2, 0.25) is 5.02 Å². The summed E-state index contributed by atoms with van der Waals surface area (Å²) < 4.78 is 16.3. The zero-order chi connectivity index (χ0) is 24.5. The highest BCUT2D eigenvalue weighted by Gasteiger charge is 2.14. The number of halogens is 1.